The predicted octanol–water partition coefficient (Wildman–Crippen LogP) is 3.68. The number of ether oxygens (including phenoxy) is 2. The molecule has 2 heterocycles. The molecule has 4 fully saturated rings. The fourth-order valence-corrected chi connectivity index (χ4v) is 6.25. The van der Waals surface area contributed by atoms with Crippen LogP contribution in [0.15, 0.2) is 0 Å². The lowest BCUT2D eigenvalue weighted by Gasteiger charge is -2.38. The Morgan fingerprint density at radius 2 is 1.36 bits per heavy atom. The van der Waals surface area contributed by atoms with E-state index in [9.17, 15) is 4.21 Å². The van der Waals surface area contributed by atoms with Gasteiger partial charge in [-0.2, -0.15) is 0 Å². The van der Waals surface area contributed by atoms with E-state index in [0.717, 1.165) is 26.4 Å². The molecule has 3 unspecified atom stereocenters. The molecule has 0 aromatic heterocycles. The second-order valence-corrected chi connectivity index (χ2v) is 12.5. The van der Waals surface area contributed by atoms with Crippen LogP contribution in [0.4, 0.5) is 0 Å². The van der Waals surface area contributed by atoms with E-state index in [1.807, 2.05) is 20.8 Å². The summed E-state index contributed by atoms with van der Waals surface area (Å²) < 4.78 is 26.4. The van der Waals surface area contributed by atoms with E-state index in [0.29, 0.717) is 11.5 Å². The highest BCUT2D eigenvalue weighted by molar-refractivity contribution is 7.84. The van der Waals surface area contributed by atoms with E-state index in [2.05, 4.69) is 4.72 Å². The van der Waals surface area contributed by atoms with Gasteiger partial charge in [0, 0.05) is 16.9 Å². The van der Waals surface area contributed by atoms with E-state index in [-0.39, 0.29) is 16.2 Å². The maximum Gasteiger partial charge on any atom is 0.0973 e. The number of nitrogens with one attached hydrogen (secondary N) is 1. The summed E-state index contributed by atoms with van der Waals surface area (Å²) in [4.78, 5) is 0. The third-order valence-electron chi connectivity index (χ3n) is 7.39. The summed E-state index contributed by atoms with van der Waals surface area (Å²) >= 11 is 0. The summed E-state index contributed by atoms with van der Waals surface area (Å²) in [6.07, 6.45) is 13.1. The quantitative estimate of drug-likeness (QED) is 0.723. The Morgan fingerprint density at radius 1 is 0.857 bits per heavy atom. The van der Waals surface area contributed by atoms with Crippen molar-refractivity contribution in [2.75, 3.05) is 26.4 Å². The number of hydrogen-bond acceptors (Lipinski definition) is 4. The van der Waals surface area contributed by atoms with E-state index in [1.54, 1.807) is 0 Å². The van der Waals surface area contributed by atoms with Gasteiger partial charge in [0.05, 0.1) is 48.2 Å². The van der Waals surface area contributed by atoms with Gasteiger partial charge in [-0.05, 0) is 46.5 Å². The molecule has 2 aliphatic heterocycles. The summed E-state index contributed by atoms with van der Waals surface area (Å²) in [5, 5.41) is 0. The van der Waals surface area contributed by atoms with E-state index in [1.165, 1.54) is 64.2 Å². The molecule has 164 valence electrons. The first-order valence-electron chi connectivity index (χ1n) is 11.4. The third kappa shape index (κ3) is 5.18. The van der Waals surface area contributed by atoms with Crippen LogP contribution in [-0.2, 0) is 20.5 Å². The van der Waals surface area contributed by atoms with Crippen LogP contribution in [0.1, 0.15) is 85.0 Å². The second-order valence-electron chi connectivity index (χ2n) is 10.5. The molecule has 4 rings (SSSR count). The van der Waals surface area contributed by atoms with Crippen molar-refractivity contribution >= 4 is 11.0 Å². The van der Waals surface area contributed by atoms with Crippen molar-refractivity contribution in [1.29, 1.82) is 0 Å². The molecule has 2 saturated heterocycles. The standard InChI is InChI=1S/C13H25NO2S.C9H17NO/c1-12(2,3)17(15)14-11-9-16-10-13(11)7-5-4-6-8-13;10-8-6-11-7-9(8)4-2-1-3-5-9/h11,14H,4-10H2,1-3H3;8H,1-7,10H2. The van der Waals surface area contributed by atoms with Crippen molar-refractivity contribution in [3.05, 3.63) is 0 Å². The van der Waals surface area contributed by atoms with Gasteiger partial charge in [-0.15, -0.1) is 0 Å². The fraction of sp³-hybridized carbons (Fsp3) is 1.00. The summed E-state index contributed by atoms with van der Waals surface area (Å²) in [5.41, 5.74) is 6.67. The SMILES string of the molecule is CC(C)(C)S(=O)NC1COCC12CCCCC2.NC1COCC12CCCCC2. The lowest BCUT2D eigenvalue weighted by Crippen LogP contribution is -2.49. The zero-order valence-corrected chi connectivity index (χ0v) is 19.1. The predicted molar refractivity (Wildman–Crippen MR) is 115 cm³/mol. The Labute approximate surface area is 174 Å². The topological polar surface area (TPSA) is 73.6 Å². The minimum atomic E-state index is -0.985. The van der Waals surface area contributed by atoms with Crippen LogP contribution < -0.4 is 10.5 Å². The Kier molecular flexibility index (Phi) is 7.63. The van der Waals surface area contributed by atoms with Gasteiger partial charge in [-0.25, -0.2) is 8.93 Å². The highest BCUT2D eigenvalue weighted by Crippen LogP contribution is 2.43. The average Bonchev–Trinajstić information content (AvgIpc) is 3.20. The molecule has 5 nitrogen and oxygen atoms in total. The van der Waals surface area contributed by atoms with Crippen LogP contribution in [-0.4, -0.2) is 47.5 Å². The Hall–Kier alpha value is -0.0100. The second kappa shape index (κ2) is 9.42. The summed E-state index contributed by atoms with van der Waals surface area (Å²) in [6, 6.07) is 0.602. The lowest BCUT2D eigenvalue weighted by molar-refractivity contribution is 0.119. The van der Waals surface area contributed by atoms with Crippen molar-refractivity contribution in [2.24, 2.45) is 16.6 Å². The van der Waals surface area contributed by atoms with Crippen LogP contribution >= 0.6 is 0 Å². The van der Waals surface area contributed by atoms with E-state index >= 15 is 0 Å². The summed E-state index contributed by atoms with van der Waals surface area (Å²) in [6.45, 7) is 9.33. The Bertz CT molecular complexity index is 522. The first kappa shape index (κ1) is 22.7. The van der Waals surface area contributed by atoms with Gasteiger partial charge in [-0.3, -0.25) is 0 Å². The molecule has 2 aliphatic carbocycles. The third-order valence-corrected chi connectivity index (χ3v) is 9.00. The minimum Gasteiger partial charge on any atom is -0.379 e. The molecule has 0 aromatic rings. The van der Waals surface area contributed by atoms with Crippen LogP contribution in [0.5, 0.6) is 0 Å². The van der Waals surface area contributed by atoms with Crippen molar-refractivity contribution in [1.82, 2.24) is 4.72 Å². The maximum atomic E-state index is 12.2. The van der Waals surface area contributed by atoms with E-state index in [4.69, 9.17) is 15.2 Å². The monoisotopic (exact) mass is 414 g/mol. The van der Waals surface area contributed by atoms with Gasteiger partial charge in [0.1, 0.15) is 0 Å². The van der Waals surface area contributed by atoms with Crippen LogP contribution in [0, 0.1) is 10.8 Å². The molecule has 3 N–H and O–H groups in total. The molecule has 28 heavy (non-hydrogen) atoms. The fourth-order valence-electron chi connectivity index (χ4n) is 5.32. The lowest BCUT2D eigenvalue weighted by atomic mass is 9.71. The molecule has 0 aromatic carbocycles. The number of rotatable bonds is 2. The van der Waals surface area contributed by atoms with Gasteiger partial charge in [0.25, 0.3) is 0 Å². The van der Waals surface area contributed by atoms with Gasteiger partial charge < -0.3 is 15.2 Å². The van der Waals surface area contributed by atoms with Gasteiger partial charge in [-0.1, -0.05) is 38.5 Å². The first-order valence-corrected chi connectivity index (χ1v) is 12.5. The molecule has 2 spiro atoms. The molecule has 6 heteroatoms. The zero-order valence-electron chi connectivity index (χ0n) is 18.3. The molecule has 0 bridgehead atoms. The van der Waals surface area contributed by atoms with Crippen molar-refractivity contribution in [3.8, 4) is 0 Å². The van der Waals surface area contributed by atoms with Crippen LogP contribution in [0.25, 0.3) is 0 Å². The van der Waals surface area contributed by atoms with Crippen LogP contribution in [0.2, 0.25) is 0 Å². The van der Waals surface area contributed by atoms with Gasteiger partial charge >= 0.3 is 0 Å². The molecule has 4 aliphatic rings. The maximum absolute atomic E-state index is 12.2. The Balaban J connectivity index is 0.000000176. The summed E-state index contributed by atoms with van der Waals surface area (Å²) in [7, 11) is -0.985. The first-order chi connectivity index (χ1) is 13.3. The number of nitrogens with two attached hydrogens (primary N) is 1. The zero-order chi connectivity index (χ0) is 20.3. The smallest absolute Gasteiger partial charge is 0.0973 e. The molecule has 3 atom stereocenters. The van der Waals surface area contributed by atoms with Crippen LogP contribution in [0.3, 0.4) is 0 Å². The minimum absolute atomic E-state index is 0.196. The molecule has 2 saturated carbocycles. The molecule has 0 amide bonds. The highest BCUT2D eigenvalue weighted by Gasteiger charge is 2.46. The molecule has 0 radical (unpaired) electrons. The van der Waals surface area contributed by atoms with Crippen molar-refractivity contribution in [3.63, 3.8) is 0 Å². The highest BCUT2D eigenvalue weighted by atomic mass is 32.2. The van der Waals surface area contributed by atoms with Gasteiger partial charge in [0.2, 0.25) is 0 Å². The van der Waals surface area contributed by atoms with Gasteiger partial charge in [0.15, 0.2) is 0 Å². The average molecular weight is 415 g/mol. The molecular weight excluding hydrogens is 372 g/mol. The van der Waals surface area contributed by atoms with Crippen molar-refractivity contribution < 1.29 is 13.7 Å². The Morgan fingerprint density at radius 3 is 1.86 bits per heavy atom. The normalized spacial score (nSPS) is 32.9. The largest absolute Gasteiger partial charge is 0.379 e. The van der Waals surface area contributed by atoms with E-state index < -0.39 is 11.0 Å². The summed E-state index contributed by atoms with van der Waals surface area (Å²) in [5.74, 6) is 0. The number of hydrogen-bond donors (Lipinski definition) is 2. The molecular formula is C22H42N2O3S. The van der Waals surface area contributed by atoms with Crippen molar-refractivity contribution in [2.45, 2.75) is 102 Å².